The topological polar surface area (TPSA) is 66.8 Å². The number of hydrogen-bond acceptors (Lipinski definition) is 3. The van der Waals surface area contributed by atoms with E-state index < -0.39 is 23.9 Å². The van der Waals surface area contributed by atoms with E-state index in [1.54, 1.807) is 0 Å². The maximum absolute atomic E-state index is 13.5. The molecule has 0 saturated heterocycles. The number of carboxylic acid groups (broad SMARTS) is 1. The highest BCUT2D eigenvalue weighted by molar-refractivity contribution is 6.30. The van der Waals surface area contributed by atoms with Gasteiger partial charge in [0.15, 0.2) is 6.04 Å². The van der Waals surface area contributed by atoms with Crippen LogP contribution >= 0.6 is 11.6 Å². The summed E-state index contributed by atoms with van der Waals surface area (Å²) >= 11 is 5.79. The first-order valence-electron chi connectivity index (χ1n) is 9.64. The Morgan fingerprint density at radius 2 is 1.65 bits per heavy atom. The highest BCUT2D eigenvalue weighted by Crippen LogP contribution is 2.44. The number of likely N-dealkylation sites (N-methyl/N-ethyl adjacent to an activating group) is 1. The van der Waals surface area contributed by atoms with Gasteiger partial charge in [0.05, 0.1) is 5.02 Å². The molecule has 31 heavy (non-hydrogen) atoms. The van der Waals surface area contributed by atoms with E-state index in [1.165, 1.54) is 19.2 Å². The van der Waals surface area contributed by atoms with Crippen molar-refractivity contribution >= 4 is 23.7 Å². The predicted octanol–water partition coefficient (Wildman–Crippen LogP) is 5.49. The summed E-state index contributed by atoms with van der Waals surface area (Å²) in [5, 5.41) is 9.44. The minimum atomic E-state index is -1.37. The summed E-state index contributed by atoms with van der Waals surface area (Å²) in [5.41, 5.74) is 4.47. The Hall–Kier alpha value is -3.38. The van der Waals surface area contributed by atoms with Crippen molar-refractivity contribution in [3.05, 3.63) is 94.3 Å². The first kappa shape index (κ1) is 20.9. The van der Waals surface area contributed by atoms with Gasteiger partial charge < -0.3 is 9.84 Å². The molecule has 0 fully saturated rings. The molecule has 7 heteroatoms. The van der Waals surface area contributed by atoms with Crippen molar-refractivity contribution in [3.63, 3.8) is 0 Å². The third-order valence-electron chi connectivity index (χ3n) is 5.50. The smallest absolute Gasteiger partial charge is 0.410 e. The number of carboxylic acids is 1. The molecule has 158 valence electrons. The molecule has 1 atom stereocenters. The van der Waals surface area contributed by atoms with E-state index in [0.29, 0.717) is 0 Å². The Kier molecular flexibility index (Phi) is 5.65. The van der Waals surface area contributed by atoms with E-state index in [1.807, 2.05) is 48.5 Å². The molecule has 1 aliphatic carbocycles. The van der Waals surface area contributed by atoms with Gasteiger partial charge in [0.1, 0.15) is 12.4 Å². The molecule has 0 spiro atoms. The zero-order valence-electron chi connectivity index (χ0n) is 16.6. The van der Waals surface area contributed by atoms with Crippen LogP contribution in [-0.2, 0) is 9.53 Å². The minimum Gasteiger partial charge on any atom is -0.479 e. The highest BCUT2D eigenvalue weighted by atomic mass is 35.5. The number of carbonyl (C=O) groups excluding carboxylic acids is 1. The number of halogens is 2. The maximum Gasteiger partial charge on any atom is 0.410 e. The summed E-state index contributed by atoms with van der Waals surface area (Å²) in [6.07, 6.45) is -0.797. The van der Waals surface area contributed by atoms with Crippen LogP contribution in [0.15, 0.2) is 66.7 Å². The lowest BCUT2D eigenvalue weighted by Crippen LogP contribution is -2.36. The van der Waals surface area contributed by atoms with Gasteiger partial charge in [-0.25, -0.2) is 14.0 Å². The average Bonchev–Trinajstić information content (AvgIpc) is 3.08. The third-order valence-corrected chi connectivity index (χ3v) is 5.79. The van der Waals surface area contributed by atoms with Crippen LogP contribution in [0.3, 0.4) is 0 Å². The van der Waals surface area contributed by atoms with Crippen LogP contribution in [0.4, 0.5) is 9.18 Å². The molecule has 0 heterocycles. The Balaban J connectivity index is 1.54. The third kappa shape index (κ3) is 3.86. The number of aliphatic carboxylic acids is 1. The molecule has 4 rings (SSSR count). The quantitative estimate of drug-likeness (QED) is 0.571. The monoisotopic (exact) mass is 439 g/mol. The molecule has 3 aromatic carbocycles. The Morgan fingerprint density at radius 1 is 1.06 bits per heavy atom. The predicted molar refractivity (Wildman–Crippen MR) is 115 cm³/mol. The standard InChI is InChI=1S/C24H19ClFNO4/c1-27(22(23(28)29)14-10-11-21(26)20(25)12-14)24(30)31-13-19-17-8-4-2-6-15(17)16-7-3-5-9-18(16)19/h2-12,19,22H,13H2,1H3,(H,28,29). The zero-order chi connectivity index (χ0) is 22.1. The average molecular weight is 440 g/mol. The van der Waals surface area contributed by atoms with Crippen molar-refractivity contribution in [2.24, 2.45) is 0 Å². The van der Waals surface area contributed by atoms with Gasteiger partial charge >= 0.3 is 12.1 Å². The molecule has 5 nitrogen and oxygen atoms in total. The summed E-state index contributed by atoms with van der Waals surface area (Å²) in [7, 11) is 1.33. The Labute approximate surface area is 183 Å². The second-order valence-electron chi connectivity index (χ2n) is 7.33. The molecule has 0 aliphatic heterocycles. The Morgan fingerprint density at radius 3 is 2.19 bits per heavy atom. The van der Waals surface area contributed by atoms with Gasteiger partial charge in [0.25, 0.3) is 0 Å². The van der Waals surface area contributed by atoms with E-state index in [4.69, 9.17) is 16.3 Å². The molecule has 0 aromatic heterocycles. The molecular weight excluding hydrogens is 421 g/mol. The van der Waals surface area contributed by atoms with Gasteiger partial charge in [0.2, 0.25) is 0 Å². The first-order valence-corrected chi connectivity index (χ1v) is 10.0. The molecule has 1 aliphatic rings. The van der Waals surface area contributed by atoms with E-state index in [-0.39, 0.29) is 23.1 Å². The van der Waals surface area contributed by atoms with E-state index >= 15 is 0 Å². The maximum atomic E-state index is 13.5. The van der Waals surface area contributed by atoms with Crippen LogP contribution in [0.1, 0.15) is 28.7 Å². The lowest BCUT2D eigenvalue weighted by Gasteiger charge is -2.25. The molecule has 3 aromatic rings. The number of nitrogens with zero attached hydrogens (tertiary/aromatic N) is 1. The van der Waals surface area contributed by atoms with Gasteiger partial charge in [0, 0.05) is 13.0 Å². The van der Waals surface area contributed by atoms with Gasteiger partial charge in [-0.15, -0.1) is 0 Å². The molecule has 0 radical (unpaired) electrons. The fraction of sp³-hybridized carbons (Fsp3) is 0.167. The van der Waals surface area contributed by atoms with Crippen molar-refractivity contribution in [1.29, 1.82) is 0 Å². The first-order chi connectivity index (χ1) is 14.9. The molecular formula is C24H19ClFNO4. The van der Waals surface area contributed by atoms with Crippen LogP contribution in [0, 0.1) is 5.82 Å². The number of rotatable bonds is 5. The van der Waals surface area contributed by atoms with Crippen molar-refractivity contribution in [2.45, 2.75) is 12.0 Å². The fourth-order valence-corrected chi connectivity index (χ4v) is 4.20. The number of hydrogen-bond donors (Lipinski definition) is 1. The molecule has 1 unspecified atom stereocenters. The second-order valence-corrected chi connectivity index (χ2v) is 7.74. The van der Waals surface area contributed by atoms with Crippen LogP contribution < -0.4 is 0 Å². The number of carbonyl (C=O) groups is 2. The summed E-state index contributed by atoms with van der Waals surface area (Å²) in [6.45, 7) is 0.0632. The number of amides is 1. The van der Waals surface area contributed by atoms with Crippen LogP contribution in [0.25, 0.3) is 11.1 Å². The van der Waals surface area contributed by atoms with Crippen LogP contribution in [-0.4, -0.2) is 35.7 Å². The summed E-state index contributed by atoms with van der Waals surface area (Å²) in [5.74, 6) is -2.09. The second kappa shape index (κ2) is 8.40. The van der Waals surface area contributed by atoms with Crippen molar-refractivity contribution in [1.82, 2.24) is 4.90 Å². The SMILES string of the molecule is CN(C(=O)OCC1c2ccccc2-c2ccccc21)C(C(=O)O)c1ccc(F)c(Cl)c1. The van der Waals surface area contributed by atoms with Gasteiger partial charge in [-0.2, -0.15) is 0 Å². The van der Waals surface area contributed by atoms with Crippen LogP contribution in [0.2, 0.25) is 5.02 Å². The van der Waals surface area contributed by atoms with Crippen molar-refractivity contribution < 1.29 is 23.8 Å². The van der Waals surface area contributed by atoms with E-state index in [9.17, 15) is 19.1 Å². The minimum absolute atomic E-state index is 0.0632. The molecule has 0 saturated carbocycles. The number of benzene rings is 3. The van der Waals surface area contributed by atoms with Gasteiger partial charge in [-0.3, -0.25) is 4.90 Å². The zero-order valence-corrected chi connectivity index (χ0v) is 17.3. The van der Waals surface area contributed by atoms with Crippen molar-refractivity contribution in [3.8, 4) is 11.1 Å². The summed E-state index contributed by atoms with van der Waals surface area (Å²) < 4.78 is 19.0. The van der Waals surface area contributed by atoms with Crippen LogP contribution in [0.5, 0.6) is 0 Å². The molecule has 1 amide bonds. The lowest BCUT2D eigenvalue weighted by atomic mass is 9.98. The molecule has 1 N–H and O–H groups in total. The largest absolute Gasteiger partial charge is 0.479 e. The lowest BCUT2D eigenvalue weighted by molar-refractivity contribution is -0.142. The Bertz CT molecular complexity index is 1120. The summed E-state index contributed by atoms with van der Waals surface area (Å²) in [4.78, 5) is 25.5. The van der Waals surface area contributed by atoms with Crippen molar-refractivity contribution in [2.75, 3.05) is 13.7 Å². The fourth-order valence-electron chi connectivity index (χ4n) is 4.02. The normalized spacial score (nSPS) is 13.3. The number of fused-ring (bicyclic) bond motifs is 3. The molecule has 0 bridgehead atoms. The van der Waals surface area contributed by atoms with Gasteiger partial charge in [-0.05, 0) is 39.9 Å². The van der Waals surface area contributed by atoms with Gasteiger partial charge in [-0.1, -0.05) is 66.2 Å². The summed E-state index contributed by atoms with van der Waals surface area (Å²) in [6, 6.07) is 18.0. The van der Waals surface area contributed by atoms with E-state index in [0.717, 1.165) is 33.2 Å². The van der Waals surface area contributed by atoms with E-state index in [2.05, 4.69) is 0 Å². The highest BCUT2D eigenvalue weighted by Gasteiger charge is 2.33. The number of ether oxygens (including phenoxy) is 1.